The molecule has 0 bridgehead atoms. The van der Waals surface area contributed by atoms with Crippen LogP contribution in [0.25, 0.3) is 11.0 Å². The third-order valence-corrected chi connectivity index (χ3v) is 5.99. The Morgan fingerprint density at radius 2 is 2.15 bits per heavy atom. The molecule has 2 aliphatic rings. The van der Waals surface area contributed by atoms with Crippen LogP contribution in [0.5, 0.6) is 0 Å². The zero-order valence-corrected chi connectivity index (χ0v) is 15.7. The largest absolute Gasteiger partial charge is 0.449 e. The smallest absolute Gasteiger partial charge is 0.317 e. The number of carbonyl (C=O) groups is 2. The Balaban J connectivity index is 1.25. The van der Waals surface area contributed by atoms with Crippen LogP contribution in [-0.4, -0.2) is 48.0 Å². The summed E-state index contributed by atoms with van der Waals surface area (Å²) in [7, 11) is 0. The van der Waals surface area contributed by atoms with Crippen molar-refractivity contribution in [2.75, 3.05) is 26.2 Å². The summed E-state index contributed by atoms with van der Waals surface area (Å²) in [5.41, 5.74) is 0.923. The van der Waals surface area contributed by atoms with Crippen molar-refractivity contribution in [2.45, 2.75) is 32.6 Å². The summed E-state index contributed by atoms with van der Waals surface area (Å²) in [6, 6.07) is 3.63. The van der Waals surface area contributed by atoms with Crippen molar-refractivity contribution in [1.82, 2.24) is 20.5 Å². The van der Waals surface area contributed by atoms with E-state index in [9.17, 15) is 9.59 Å². The second-order valence-electron chi connectivity index (χ2n) is 7.72. The first-order chi connectivity index (χ1) is 13.1. The van der Waals surface area contributed by atoms with E-state index in [4.69, 9.17) is 4.42 Å². The number of fused-ring (bicyclic) bond motifs is 1. The molecule has 2 aromatic rings. The zero-order valence-electron chi connectivity index (χ0n) is 15.7. The lowest BCUT2D eigenvalue weighted by Crippen LogP contribution is -2.45. The van der Waals surface area contributed by atoms with E-state index >= 15 is 0 Å². The molecule has 2 N–H and O–H groups in total. The van der Waals surface area contributed by atoms with Gasteiger partial charge in [-0.05, 0) is 49.1 Å². The monoisotopic (exact) mass is 370 g/mol. The molecule has 1 spiro atoms. The highest BCUT2D eigenvalue weighted by Gasteiger charge is 2.54. The fourth-order valence-corrected chi connectivity index (χ4v) is 4.13. The van der Waals surface area contributed by atoms with Gasteiger partial charge in [0, 0.05) is 37.8 Å². The fourth-order valence-electron chi connectivity index (χ4n) is 4.13. The molecule has 1 saturated carbocycles. The van der Waals surface area contributed by atoms with Crippen LogP contribution in [0.1, 0.15) is 43.2 Å². The van der Waals surface area contributed by atoms with E-state index in [0.29, 0.717) is 29.2 Å². The number of nitrogens with one attached hydrogen (secondary N) is 2. The lowest BCUT2D eigenvalue weighted by molar-refractivity contribution is 0.0922. The second-order valence-corrected chi connectivity index (χ2v) is 7.72. The average Bonchev–Trinajstić information content (AvgIpc) is 3.16. The van der Waals surface area contributed by atoms with Gasteiger partial charge >= 0.3 is 6.03 Å². The number of urea groups is 1. The maximum atomic E-state index is 12.4. The Bertz CT molecular complexity index is 806. The summed E-state index contributed by atoms with van der Waals surface area (Å²) in [6.45, 7) is 5.05. The first-order valence-electron chi connectivity index (χ1n) is 9.76. The number of rotatable bonds is 5. The van der Waals surface area contributed by atoms with Crippen molar-refractivity contribution in [3.8, 4) is 0 Å². The van der Waals surface area contributed by atoms with Crippen molar-refractivity contribution < 1.29 is 14.0 Å². The quantitative estimate of drug-likeness (QED) is 0.847. The van der Waals surface area contributed by atoms with E-state index in [0.717, 1.165) is 50.7 Å². The summed E-state index contributed by atoms with van der Waals surface area (Å²) in [6.07, 6.45) is 7.41. The van der Waals surface area contributed by atoms with E-state index < -0.39 is 0 Å². The van der Waals surface area contributed by atoms with Gasteiger partial charge in [0.25, 0.3) is 5.91 Å². The average molecular weight is 370 g/mol. The molecular formula is C20H26N4O3. The Labute approximate surface area is 158 Å². The van der Waals surface area contributed by atoms with E-state index in [-0.39, 0.29) is 11.9 Å². The second kappa shape index (κ2) is 7.21. The van der Waals surface area contributed by atoms with Gasteiger partial charge in [0.05, 0.1) is 6.20 Å². The van der Waals surface area contributed by atoms with E-state index in [2.05, 4.69) is 22.5 Å². The molecule has 1 aliphatic carbocycles. The number of pyridine rings is 1. The zero-order chi connectivity index (χ0) is 18.9. The van der Waals surface area contributed by atoms with Gasteiger partial charge < -0.3 is 20.0 Å². The maximum Gasteiger partial charge on any atom is 0.317 e. The number of piperidine rings is 1. The molecule has 4 rings (SSSR count). The van der Waals surface area contributed by atoms with Crippen molar-refractivity contribution >= 4 is 22.9 Å². The van der Waals surface area contributed by atoms with Crippen LogP contribution >= 0.6 is 0 Å². The molecule has 7 nitrogen and oxygen atoms in total. The van der Waals surface area contributed by atoms with E-state index in [1.165, 1.54) is 0 Å². The van der Waals surface area contributed by atoms with E-state index in [1.807, 2.05) is 11.0 Å². The van der Waals surface area contributed by atoms with Crippen molar-refractivity contribution in [3.63, 3.8) is 0 Å². The summed E-state index contributed by atoms with van der Waals surface area (Å²) in [4.78, 5) is 30.3. The van der Waals surface area contributed by atoms with Crippen LogP contribution in [-0.2, 0) is 0 Å². The number of nitrogens with zero attached hydrogens (tertiary/aromatic N) is 2. The number of carbonyl (C=O) groups excluding carboxylic acids is 2. The Morgan fingerprint density at radius 1 is 1.33 bits per heavy atom. The third-order valence-electron chi connectivity index (χ3n) is 5.99. The standard InChI is InChI=1S/C20H26N4O3/c1-2-6-22-19(26)24-8-4-20(5-9-24)11-15(20)12-23-18(25)16-10-14-3-7-21-13-17(14)27-16/h3,7,10,13,15H,2,4-6,8-9,11-12H2,1H3,(H,22,26)(H,23,25). The molecule has 144 valence electrons. The number of hydrogen-bond donors (Lipinski definition) is 2. The van der Waals surface area contributed by atoms with E-state index in [1.54, 1.807) is 18.5 Å². The van der Waals surface area contributed by atoms with Gasteiger partial charge in [0.15, 0.2) is 11.3 Å². The highest BCUT2D eigenvalue weighted by Crippen LogP contribution is 2.59. The lowest BCUT2D eigenvalue weighted by Gasteiger charge is -2.33. The molecule has 1 unspecified atom stereocenters. The molecule has 2 fully saturated rings. The normalized spacial score (nSPS) is 20.6. The molecule has 7 heteroatoms. The van der Waals surface area contributed by atoms with Crippen molar-refractivity contribution in [1.29, 1.82) is 0 Å². The highest BCUT2D eigenvalue weighted by atomic mass is 16.3. The summed E-state index contributed by atoms with van der Waals surface area (Å²) >= 11 is 0. The number of hydrogen-bond acceptors (Lipinski definition) is 4. The predicted molar refractivity (Wildman–Crippen MR) is 101 cm³/mol. The van der Waals surface area contributed by atoms with Gasteiger partial charge in [-0.15, -0.1) is 0 Å². The summed E-state index contributed by atoms with van der Waals surface area (Å²) < 4.78 is 5.57. The van der Waals surface area contributed by atoms with Gasteiger partial charge in [-0.1, -0.05) is 6.92 Å². The fraction of sp³-hybridized carbons (Fsp3) is 0.550. The van der Waals surface area contributed by atoms with Crippen molar-refractivity contribution in [2.24, 2.45) is 11.3 Å². The predicted octanol–water partition coefficient (Wildman–Crippen LogP) is 2.78. The van der Waals surface area contributed by atoms with Crippen LogP contribution in [0.15, 0.2) is 28.9 Å². The van der Waals surface area contributed by atoms with Gasteiger partial charge in [-0.2, -0.15) is 0 Å². The summed E-state index contributed by atoms with van der Waals surface area (Å²) in [5.74, 6) is 0.646. The first-order valence-corrected chi connectivity index (χ1v) is 9.76. The molecule has 3 heterocycles. The molecule has 3 amide bonds. The Hall–Kier alpha value is -2.57. The third kappa shape index (κ3) is 3.63. The minimum Gasteiger partial charge on any atom is -0.449 e. The number of furan rings is 1. The Kier molecular flexibility index (Phi) is 4.76. The maximum absolute atomic E-state index is 12.4. The van der Waals surface area contributed by atoms with Gasteiger partial charge in [0.1, 0.15) is 0 Å². The van der Waals surface area contributed by atoms with Crippen LogP contribution in [0, 0.1) is 11.3 Å². The van der Waals surface area contributed by atoms with Crippen LogP contribution in [0.2, 0.25) is 0 Å². The Morgan fingerprint density at radius 3 is 2.89 bits per heavy atom. The molecule has 27 heavy (non-hydrogen) atoms. The number of aromatic nitrogens is 1. The molecule has 1 atom stereocenters. The molecular weight excluding hydrogens is 344 g/mol. The topological polar surface area (TPSA) is 87.5 Å². The van der Waals surface area contributed by atoms with Crippen LogP contribution in [0.3, 0.4) is 0 Å². The van der Waals surface area contributed by atoms with Gasteiger partial charge in [-0.25, -0.2) is 4.79 Å². The number of amides is 3. The molecule has 2 aromatic heterocycles. The lowest BCUT2D eigenvalue weighted by atomic mass is 9.91. The first kappa shape index (κ1) is 17.8. The molecule has 0 radical (unpaired) electrons. The van der Waals surface area contributed by atoms with Crippen LogP contribution in [0.4, 0.5) is 4.79 Å². The molecule has 1 aliphatic heterocycles. The van der Waals surface area contributed by atoms with Gasteiger partial charge in [-0.3, -0.25) is 9.78 Å². The minimum atomic E-state index is -0.176. The van der Waals surface area contributed by atoms with Gasteiger partial charge in [0.2, 0.25) is 0 Å². The minimum absolute atomic E-state index is 0.0524. The SMILES string of the molecule is CCCNC(=O)N1CCC2(CC1)CC2CNC(=O)c1cc2ccncc2o1. The van der Waals surface area contributed by atoms with Crippen molar-refractivity contribution in [3.05, 3.63) is 30.3 Å². The highest BCUT2D eigenvalue weighted by molar-refractivity contribution is 5.95. The number of likely N-dealkylation sites (tertiary alicyclic amines) is 1. The summed E-state index contributed by atoms with van der Waals surface area (Å²) in [5, 5.41) is 6.84. The van der Waals surface area contributed by atoms with Crippen LogP contribution < -0.4 is 10.6 Å². The molecule has 1 saturated heterocycles. The molecule has 0 aromatic carbocycles.